The third-order valence-corrected chi connectivity index (χ3v) is 4.50. The van der Waals surface area contributed by atoms with Gasteiger partial charge in [0.25, 0.3) is 0 Å². The molecule has 26 heavy (non-hydrogen) atoms. The minimum absolute atomic E-state index is 0.0254. The van der Waals surface area contributed by atoms with Gasteiger partial charge in [0.2, 0.25) is 11.8 Å². The first-order chi connectivity index (χ1) is 12.4. The molecule has 1 heterocycles. The zero-order valence-corrected chi connectivity index (χ0v) is 15.6. The van der Waals surface area contributed by atoms with Crippen LogP contribution in [0, 0.1) is 13.8 Å². The van der Waals surface area contributed by atoms with Gasteiger partial charge in [-0.3, -0.25) is 9.59 Å². The Labute approximate surface area is 154 Å². The molecule has 2 N–H and O–H groups in total. The van der Waals surface area contributed by atoms with E-state index in [2.05, 4.69) is 10.6 Å². The first-order valence-electron chi connectivity index (χ1n) is 8.97. The van der Waals surface area contributed by atoms with Crippen molar-refractivity contribution in [3.63, 3.8) is 0 Å². The number of anilines is 1. The van der Waals surface area contributed by atoms with Crippen LogP contribution in [0.5, 0.6) is 0 Å². The van der Waals surface area contributed by atoms with Gasteiger partial charge >= 0.3 is 6.09 Å². The normalized spacial score (nSPS) is 14.7. The number of carbonyl (C=O) groups excluding carboxylic acids is 3. The standard InChI is InChI=1S/C19H27N3O4/c1-4-26-19(25)22-9-7-15(8-10-22)20-17(23)12-18(24)21-16-6-5-13(2)14(3)11-16/h5-6,11,15H,4,7-10,12H2,1-3H3,(H,20,23)(H,21,24). The maximum absolute atomic E-state index is 12.1. The molecule has 0 aliphatic carbocycles. The minimum Gasteiger partial charge on any atom is -0.450 e. The Bertz CT molecular complexity index is 667. The predicted octanol–water partition coefficient (Wildman–Crippen LogP) is 2.37. The van der Waals surface area contributed by atoms with Crippen LogP contribution in [0.25, 0.3) is 0 Å². The van der Waals surface area contributed by atoms with Gasteiger partial charge in [0.15, 0.2) is 0 Å². The van der Waals surface area contributed by atoms with Gasteiger partial charge in [-0.05, 0) is 56.9 Å². The second-order valence-corrected chi connectivity index (χ2v) is 6.55. The average Bonchev–Trinajstić information content (AvgIpc) is 2.59. The lowest BCUT2D eigenvalue weighted by Crippen LogP contribution is -2.47. The maximum Gasteiger partial charge on any atom is 0.409 e. The molecule has 2 rings (SSSR count). The smallest absolute Gasteiger partial charge is 0.409 e. The summed E-state index contributed by atoms with van der Waals surface area (Å²) in [6, 6.07) is 5.62. The second kappa shape index (κ2) is 9.22. The lowest BCUT2D eigenvalue weighted by atomic mass is 10.1. The summed E-state index contributed by atoms with van der Waals surface area (Å²) in [4.78, 5) is 37.4. The number of carbonyl (C=O) groups is 3. The maximum atomic E-state index is 12.1. The zero-order valence-electron chi connectivity index (χ0n) is 15.6. The number of ether oxygens (including phenoxy) is 1. The SMILES string of the molecule is CCOC(=O)N1CCC(NC(=O)CC(=O)Nc2ccc(C)c(C)c2)CC1. The van der Waals surface area contributed by atoms with Crippen molar-refractivity contribution in [3.8, 4) is 0 Å². The van der Waals surface area contributed by atoms with E-state index in [1.165, 1.54) is 0 Å². The summed E-state index contributed by atoms with van der Waals surface area (Å²) < 4.78 is 4.97. The van der Waals surface area contributed by atoms with Gasteiger partial charge in [0.1, 0.15) is 6.42 Å². The monoisotopic (exact) mass is 361 g/mol. The van der Waals surface area contributed by atoms with Crippen LogP contribution in [0.2, 0.25) is 0 Å². The fourth-order valence-corrected chi connectivity index (χ4v) is 2.87. The lowest BCUT2D eigenvalue weighted by molar-refractivity contribution is -0.127. The van der Waals surface area contributed by atoms with E-state index < -0.39 is 0 Å². The molecule has 1 aromatic rings. The van der Waals surface area contributed by atoms with Gasteiger partial charge in [-0.2, -0.15) is 0 Å². The fraction of sp³-hybridized carbons (Fsp3) is 0.526. The molecule has 142 valence electrons. The quantitative estimate of drug-likeness (QED) is 0.788. The summed E-state index contributed by atoms with van der Waals surface area (Å²) in [6.45, 7) is 7.18. The van der Waals surface area contributed by atoms with E-state index >= 15 is 0 Å². The summed E-state index contributed by atoms with van der Waals surface area (Å²) in [6.07, 6.45) is 0.780. The van der Waals surface area contributed by atoms with Crippen molar-refractivity contribution < 1.29 is 19.1 Å². The summed E-state index contributed by atoms with van der Waals surface area (Å²) in [5.41, 5.74) is 2.92. The lowest BCUT2D eigenvalue weighted by Gasteiger charge is -2.31. The predicted molar refractivity (Wildman–Crippen MR) is 98.9 cm³/mol. The average molecular weight is 361 g/mol. The molecule has 0 atom stereocenters. The van der Waals surface area contributed by atoms with Crippen molar-refractivity contribution in [3.05, 3.63) is 29.3 Å². The molecule has 0 unspecified atom stereocenters. The van der Waals surface area contributed by atoms with Gasteiger partial charge in [0, 0.05) is 24.8 Å². The number of piperidine rings is 1. The van der Waals surface area contributed by atoms with E-state index in [-0.39, 0.29) is 30.4 Å². The molecule has 3 amide bonds. The fourth-order valence-electron chi connectivity index (χ4n) is 2.87. The number of aryl methyl sites for hydroxylation is 2. The van der Waals surface area contributed by atoms with Crippen molar-refractivity contribution in [1.29, 1.82) is 0 Å². The van der Waals surface area contributed by atoms with Gasteiger partial charge in [0.05, 0.1) is 6.61 Å². The molecule has 7 heteroatoms. The largest absolute Gasteiger partial charge is 0.450 e. The Morgan fingerprint density at radius 3 is 2.42 bits per heavy atom. The number of hydrogen-bond donors (Lipinski definition) is 2. The third kappa shape index (κ3) is 5.75. The topological polar surface area (TPSA) is 87.7 Å². The van der Waals surface area contributed by atoms with E-state index in [1.807, 2.05) is 32.0 Å². The van der Waals surface area contributed by atoms with Crippen LogP contribution in [-0.4, -0.2) is 48.5 Å². The zero-order chi connectivity index (χ0) is 19.1. The van der Waals surface area contributed by atoms with Crippen LogP contribution < -0.4 is 10.6 Å². The molecule has 1 aromatic carbocycles. The Kier molecular flexibility index (Phi) is 7.00. The molecule has 1 fully saturated rings. The molecular weight excluding hydrogens is 334 g/mol. The molecule has 0 aromatic heterocycles. The molecule has 0 bridgehead atoms. The first-order valence-corrected chi connectivity index (χ1v) is 8.97. The van der Waals surface area contributed by atoms with E-state index in [0.29, 0.717) is 38.2 Å². The Morgan fingerprint density at radius 2 is 1.81 bits per heavy atom. The Balaban J connectivity index is 1.74. The number of rotatable bonds is 5. The Hall–Kier alpha value is -2.57. The molecule has 7 nitrogen and oxygen atoms in total. The van der Waals surface area contributed by atoms with Crippen LogP contribution in [-0.2, 0) is 14.3 Å². The highest BCUT2D eigenvalue weighted by Gasteiger charge is 2.25. The number of likely N-dealkylation sites (tertiary alicyclic amines) is 1. The van der Waals surface area contributed by atoms with Gasteiger partial charge in [-0.15, -0.1) is 0 Å². The molecular formula is C19H27N3O4. The number of amides is 3. The molecule has 0 saturated carbocycles. The summed E-state index contributed by atoms with van der Waals surface area (Å²) >= 11 is 0. The van der Waals surface area contributed by atoms with Gasteiger partial charge in [-0.25, -0.2) is 4.79 Å². The van der Waals surface area contributed by atoms with Crippen molar-refractivity contribution in [1.82, 2.24) is 10.2 Å². The van der Waals surface area contributed by atoms with Crippen molar-refractivity contribution in [2.45, 2.75) is 46.1 Å². The van der Waals surface area contributed by atoms with Crippen LogP contribution in [0.15, 0.2) is 18.2 Å². The number of hydrogen-bond acceptors (Lipinski definition) is 4. The van der Waals surface area contributed by atoms with Gasteiger partial charge in [-0.1, -0.05) is 6.07 Å². The molecule has 1 saturated heterocycles. The van der Waals surface area contributed by atoms with Crippen LogP contribution in [0.4, 0.5) is 10.5 Å². The second-order valence-electron chi connectivity index (χ2n) is 6.55. The number of nitrogens with one attached hydrogen (secondary N) is 2. The van der Waals surface area contributed by atoms with Crippen LogP contribution >= 0.6 is 0 Å². The van der Waals surface area contributed by atoms with Crippen molar-refractivity contribution in [2.75, 3.05) is 25.0 Å². The molecule has 1 aliphatic heterocycles. The number of benzene rings is 1. The highest BCUT2D eigenvalue weighted by molar-refractivity contribution is 6.03. The van der Waals surface area contributed by atoms with E-state index in [9.17, 15) is 14.4 Å². The molecule has 1 aliphatic rings. The van der Waals surface area contributed by atoms with Crippen LogP contribution in [0.3, 0.4) is 0 Å². The highest BCUT2D eigenvalue weighted by atomic mass is 16.6. The van der Waals surface area contributed by atoms with Crippen LogP contribution in [0.1, 0.15) is 37.3 Å². The Morgan fingerprint density at radius 1 is 1.12 bits per heavy atom. The summed E-state index contributed by atoms with van der Waals surface area (Å²) in [5.74, 6) is -0.643. The first kappa shape index (κ1) is 19.8. The summed E-state index contributed by atoms with van der Waals surface area (Å²) in [7, 11) is 0. The van der Waals surface area contributed by atoms with E-state index in [0.717, 1.165) is 11.1 Å². The highest BCUT2D eigenvalue weighted by Crippen LogP contribution is 2.15. The number of nitrogens with zero attached hydrogens (tertiary/aromatic N) is 1. The summed E-state index contributed by atoms with van der Waals surface area (Å²) in [5, 5.41) is 5.61. The van der Waals surface area contributed by atoms with Gasteiger partial charge < -0.3 is 20.3 Å². The van der Waals surface area contributed by atoms with E-state index in [1.54, 1.807) is 11.8 Å². The van der Waals surface area contributed by atoms with Crippen molar-refractivity contribution >= 4 is 23.6 Å². The minimum atomic E-state index is -0.338. The third-order valence-electron chi connectivity index (χ3n) is 4.50. The molecule has 0 spiro atoms. The van der Waals surface area contributed by atoms with Crippen molar-refractivity contribution in [2.24, 2.45) is 0 Å². The van der Waals surface area contributed by atoms with E-state index in [4.69, 9.17) is 4.74 Å². The molecule has 0 radical (unpaired) electrons.